The smallest absolute Gasteiger partial charge is 0.338 e. The number of esters is 1. The Morgan fingerprint density at radius 1 is 1.38 bits per heavy atom. The molecule has 1 aliphatic rings. The Morgan fingerprint density at radius 2 is 2.12 bits per heavy atom. The second-order valence-corrected chi connectivity index (χ2v) is 3.38. The molecule has 1 heterocycles. The van der Waals surface area contributed by atoms with Gasteiger partial charge in [0.2, 0.25) is 6.79 Å². The van der Waals surface area contributed by atoms with E-state index in [1.807, 2.05) is 0 Å². The lowest BCUT2D eigenvalue weighted by Crippen LogP contribution is -2.08. The fourth-order valence-corrected chi connectivity index (χ4v) is 1.25. The molecule has 0 saturated carbocycles. The van der Waals surface area contributed by atoms with Crippen molar-refractivity contribution in [2.75, 3.05) is 6.79 Å². The number of hydrogen-bond acceptors (Lipinski definition) is 4. The number of carbonyl (C=O) groups is 1. The fourth-order valence-electron chi connectivity index (χ4n) is 1.25. The van der Waals surface area contributed by atoms with Crippen LogP contribution in [0.5, 0.6) is 17.2 Å². The minimum absolute atomic E-state index is 0.209. The third-order valence-electron chi connectivity index (χ3n) is 2.31. The molecule has 1 aromatic rings. The molecule has 0 aliphatic carbocycles. The minimum atomic E-state index is -0.360. The number of hydrogen-bond donors (Lipinski definition) is 0. The molecule has 1 aromatic carbocycles. The Labute approximate surface area is 93.4 Å². The summed E-state index contributed by atoms with van der Waals surface area (Å²) in [6, 6.07) is 5.04. The molecular formula is C12H12O4. The quantitative estimate of drug-likeness (QED) is 0.435. The standard InChI is InChI=1S/C12H12O4/c1-3-8(2)12(13)16-9-4-5-10-11(6-9)15-7-14-10/h3-6H,7H2,1-2H3/b8-3+. The molecule has 16 heavy (non-hydrogen) atoms. The molecule has 2 rings (SSSR count). The molecule has 0 spiro atoms. The highest BCUT2D eigenvalue weighted by Crippen LogP contribution is 2.35. The minimum Gasteiger partial charge on any atom is -0.454 e. The van der Waals surface area contributed by atoms with Gasteiger partial charge in [-0.15, -0.1) is 0 Å². The van der Waals surface area contributed by atoms with Crippen molar-refractivity contribution in [2.24, 2.45) is 0 Å². The van der Waals surface area contributed by atoms with Gasteiger partial charge in [-0.2, -0.15) is 0 Å². The van der Waals surface area contributed by atoms with Crippen molar-refractivity contribution in [1.29, 1.82) is 0 Å². The molecule has 1 aliphatic heterocycles. The zero-order valence-corrected chi connectivity index (χ0v) is 9.15. The average Bonchev–Trinajstić information content (AvgIpc) is 2.75. The summed E-state index contributed by atoms with van der Waals surface area (Å²) in [6.45, 7) is 3.70. The normalized spacial score (nSPS) is 13.8. The number of fused-ring (bicyclic) bond motifs is 1. The maximum atomic E-state index is 11.5. The summed E-state index contributed by atoms with van der Waals surface area (Å²) in [7, 11) is 0. The number of benzene rings is 1. The summed E-state index contributed by atoms with van der Waals surface area (Å²) >= 11 is 0. The highest BCUT2D eigenvalue weighted by atomic mass is 16.7. The molecule has 0 amide bonds. The first-order valence-corrected chi connectivity index (χ1v) is 4.95. The molecule has 84 valence electrons. The third-order valence-corrected chi connectivity index (χ3v) is 2.31. The summed E-state index contributed by atoms with van der Waals surface area (Å²) < 4.78 is 15.5. The first kappa shape index (κ1) is 10.5. The second kappa shape index (κ2) is 4.26. The molecule has 0 atom stereocenters. The molecule has 0 N–H and O–H groups in total. The lowest BCUT2D eigenvalue weighted by atomic mass is 10.3. The first-order chi connectivity index (χ1) is 7.70. The van der Waals surface area contributed by atoms with Gasteiger partial charge in [-0.3, -0.25) is 0 Å². The monoisotopic (exact) mass is 220 g/mol. The maximum absolute atomic E-state index is 11.5. The highest BCUT2D eigenvalue weighted by Gasteiger charge is 2.15. The molecule has 0 radical (unpaired) electrons. The Kier molecular flexibility index (Phi) is 2.81. The second-order valence-electron chi connectivity index (χ2n) is 3.38. The first-order valence-electron chi connectivity index (χ1n) is 4.95. The predicted molar refractivity (Wildman–Crippen MR) is 57.6 cm³/mol. The predicted octanol–water partition coefficient (Wildman–Crippen LogP) is 2.29. The Hall–Kier alpha value is -1.97. The van der Waals surface area contributed by atoms with Crippen molar-refractivity contribution >= 4 is 5.97 Å². The molecule has 0 unspecified atom stereocenters. The molecule has 0 saturated heterocycles. The fraction of sp³-hybridized carbons (Fsp3) is 0.250. The Morgan fingerprint density at radius 3 is 2.88 bits per heavy atom. The van der Waals surface area contributed by atoms with Crippen molar-refractivity contribution in [1.82, 2.24) is 0 Å². The Bertz CT molecular complexity index is 448. The third kappa shape index (κ3) is 2.00. The van der Waals surface area contributed by atoms with E-state index >= 15 is 0 Å². The topological polar surface area (TPSA) is 44.8 Å². The largest absolute Gasteiger partial charge is 0.454 e. The van der Waals surface area contributed by atoms with Crippen LogP contribution in [0.25, 0.3) is 0 Å². The van der Waals surface area contributed by atoms with Crippen molar-refractivity contribution in [2.45, 2.75) is 13.8 Å². The van der Waals surface area contributed by atoms with E-state index in [2.05, 4.69) is 0 Å². The van der Waals surface area contributed by atoms with Gasteiger partial charge in [0.15, 0.2) is 11.5 Å². The number of allylic oxidation sites excluding steroid dienone is 1. The van der Waals surface area contributed by atoms with Crippen LogP contribution in [0.15, 0.2) is 29.8 Å². The summed E-state index contributed by atoms with van der Waals surface area (Å²) in [4.78, 5) is 11.5. The van der Waals surface area contributed by atoms with Gasteiger partial charge >= 0.3 is 5.97 Å². The summed E-state index contributed by atoms with van der Waals surface area (Å²) in [5.41, 5.74) is 0.567. The number of ether oxygens (including phenoxy) is 3. The average molecular weight is 220 g/mol. The summed E-state index contributed by atoms with van der Waals surface area (Å²) in [5, 5.41) is 0. The lowest BCUT2D eigenvalue weighted by molar-refractivity contribution is -0.130. The van der Waals surface area contributed by atoms with E-state index in [-0.39, 0.29) is 12.8 Å². The van der Waals surface area contributed by atoms with Gasteiger partial charge in [0.1, 0.15) is 5.75 Å². The van der Waals surface area contributed by atoms with E-state index in [1.54, 1.807) is 38.1 Å². The van der Waals surface area contributed by atoms with Crippen LogP contribution >= 0.6 is 0 Å². The van der Waals surface area contributed by atoms with Crippen LogP contribution in [-0.2, 0) is 4.79 Å². The van der Waals surface area contributed by atoms with Crippen molar-refractivity contribution in [3.05, 3.63) is 29.8 Å². The van der Waals surface area contributed by atoms with Gasteiger partial charge in [-0.1, -0.05) is 6.08 Å². The SMILES string of the molecule is C/C=C(\C)C(=O)Oc1ccc2c(c1)OCO2. The maximum Gasteiger partial charge on any atom is 0.338 e. The van der Waals surface area contributed by atoms with Gasteiger partial charge in [-0.05, 0) is 26.0 Å². The molecule has 0 aromatic heterocycles. The van der Waals surface area contributed by atoms with E-state index < -0.39 is 0 Å². The van der Waals surface area contributed by atoms with E-state index in [9.17, 15) is 4.79 Å². The number of rotatable bonds is 2. The molecular weight excluding hydrogens is 208 g/mol. The van der Waals surface area contributed by atoms with Gasteiger partial charge in [0.05, 0.1) is 0 Å². The van der Waals surface area contributed by atoms with Crippen LogP contribution in [0.4, 0.5) is 0 Å². The highest BCUT2D eigenvalue weighted by molar-refractivity contribution is 5.89. The summed E-state index contributed by atoms with van der Waals surface area (Å²) in [6.07, 6.45) is 1.70. The summed E-state index contributed by atoms with van der Waals surface area (Å²) in [5.74, 6) is 1.36. The van der Waals surface area contributed by atoms with Gasteiger partial charge in [0.25, 0.3) is 0 Å². The molecule has 0 fully saturated rings. The van der Waals surface area contributed by atoms with Crippen LogP contribution in [0, 0.1) is 0 Å². The lowest BCUT2D eigenvalue weighted by Gasteiger charge is -2.04. The van der Waals surface area contributed by atoms with E-state index in [4.69, 9.17) is 14.2 Å². The zero-order chi connectivity index (χ0) is 11.5. The zero-order valence-electron chi connectivity index (χ0n) is 9.15. The molecule has 4 heteroatoms. The van der Waals surface area contributed by atoms with Crippen molar-refractivity contribution in [3.63, 3.8) is 0 Å². The van der Waals surface area contributed by atoms with Gasteiger partial charge in [-0.25, -0.2) is 4.79 Å². The Balaban J connectivity index is 2.14. The van der Waals surface area contributed by atoms with E-state index in [0.717, 1.165) is 0 Å². The van der Waals surface area contributed by atoms with Crippen LogP contribution in [-0.4, -0.2) is 12.8 Å². The van der Waals surface area contributed by atoms with Crippen LogP contribution in [0.1, 0.15) is 13.8 Å². The van der Waals surface area contributed by atoms with Crippen LogP contribution in [0.2, 0.25) is 0 Å². The van der Waals surface area contributed by atoms with Crippen molar-refractivity contribution < 1.29 is 19.0 Å². The molecule has 4 nitrogen and oxygen atoms in total. The molecule has 0 bridgehead atoms. The van der Waals surface area contributed by atoms with Crippen molar-refractivity contribution in [3.8, 4) is 17.2 Å². The van der Waals surface area contributed by atoms with Crippen LogP contribution < -0.4 is 14.2 Å². The number of carbonyl (C=O) groups excluding carboxylic acids is 1. The van der Waals surface area contributed by atoms with Gasteiger partial charge < -0.3 is 14.2 Å². The van der Waals surface area contributed by atoms with E-state index in [0.29, 0.717) is 22.8 Å². The van der Waals surface area contributed by atoms with E-state index in [1.165, 1.54) is 0 Å². The van der Waals surface area contributed by atoms with Gasteiger partial charge in [0, 0.05) is 11.6 Å². The van der Waals surface area contributed by atoms with Crippen LogP contribution in [0.3, 0.4) is 0 Å².